The third kappa shape index (κ3) is 4.82. The average Bonchev–Trinajstić information content (AvgIpc) is 3.11. The molecule has 11 heteroatoms. The minimum absolute atomic E-state index is 0.178. The molecule has 32 heavy (non-hydrogen) atoms. The second-order valence-corrected chi connectivity index (χ2v) is 7.82. The summed E-state index contributed by atoms with van der Waals surface area (Å²) in [5.41, 5.74) is 0.888. The summed E-state index contributed by atoms with van der Waals surface area (Å²) >= 11 is 0. The molecule has 0 amide bonds. The van der Waals surface area contributed by atoms with E-state index in [0.717, 1.165) is 23.7 Å². The molecule has 4 rings (SSSR count). The lowest BCUT2D eigenvalue weighted by Crippen LogP contribution is -2.48. The SMILES string of the molecule is Cc1cc(C)n(-c2ccc(=O)n(CCN3CCN(c4ccc(C(F)(F)F)cn4)CC3)n2)n1. The van der Waals surface area contributed by atoms with Crippen molar-refractivity contribution in [2.45, 2.75) is 26.6 Å². The number of hydrogen-bond donors (Lipinski definition) is 0. The van der Waals surface area contributed by atoms with Crippen molar-refractivity contribution in [2.75, 3.05) is 37.6 Å². The molecular weight excluding hydrogens is 423 g/mol. The van der Waals surface area contributed by atoms with Crippen molar-refractivity contribution in [3.8, 4) is 5.82 Å². The second-order valence-electron chi connectivity index (χ2n) is 7.82. The molecule has 3 aromatic rings. The van der Waals surface area contributed by atoms with Crippen LogP contribution in [0.15, 0.2) is 41.3 Å². The van der Waals surface area contributed by atoms with E-state index in [-0.39, 0.29) is 5.56 Å². The second kappa shape index (κ2) is 8.73. The number of rotatable bonds is 5. The van der Waals surface area contributed by atoms with Gasteiger partial charge in [0.15, 0.2) is 5.82 Å². The zero-order valence-corrected chi connectivity index (χ0v) is 17.9. The molecule has 1 fully saturated rings. The molecule has 0 aromatic carbocycles. The van der Waals surface area contributed by atoms with Crippen molar-refractivity contribution < 1.29 is 13.2 Å². The van der Waals surface area contributed by atoms with Crippen LogP contribution in [-0.4, -0.2) is 62.2 Å². The quantitative estimate of drug-likeness (QED) is 0.598. The van der Waals surface area contributed by atoms with E-state index in [1.54, 1.807) is 10.7 Å². The lowest BCUT2D eigenvalue weighted by atomic mass is 10.2. The van der Waals surface area contributed by atoms with E-state index < -0.39 is 11.7 Å². The van der Waals surface area contributed by atoms with Gasteiger partial charge >= 0.3 is 6.18 Å². The predicted octanol–water partition coefficient (Wildman–Crippen LogP) is 2.28. The molecule has 0 bridgehead atoms. The molecule has 0 saturated carbocycles. The first-order valence-corrected chi connectivity index (χ1v) is 10.3. The number of pyridine rings is 1. The highest BCUT2D eigenvalue weighted by atomic mass is 19.4. The molecule has 170 valence electrons. The van der Waals surface area contributed by atoms with Gasteiger partial charge in [-0.1, -0.05) is 0 Å². The van der Waals surface area contributed by atoms with Gasteiger partial charge in [-0.3, -0.25) is 9.69 Å². The van der Waals surface area contributed by atoms with Gasteiger partial charge in [-0.05, 0) is 38.1 Å². The minimum atomic E-state index is -4.39. The Morgan fingerprint density at radius 2 is 1.66 bits per heavy atom. The fraction of sp³-hybridized carbons (Fsp3) is 0.429. The van der Waals surface area contributed by atoms with Crippen molar-refractivity contribution >= 4 is 5.82 Å². The zero-order valence-electron chi connectivity index (χ0n) is 17.9. The van der Waals surface area contributed by atoms with Crippen LogP contribution in [0.25, 0.3) is 5.82 Å². The number of alkyl halides is 3. The van der Waals surface area contributed by atoms with Gasteiger partial charge in [-0.15, -0.1) is 5.10 Å². The van der Waals surface area contributed by atoms with Crippen LogP contribution in [0, 0.1) is 13.8 Å². The van der Waals surface area contributed by atoms with Crippen LogP contribution < -0.4 is 10.5 Å². The van der Waals surface area contributed by atoms with Crippen LogP contribution in [0.4, 0.5) is 19.0 Å². The summed E-state index contributed by atoms with van der Waals surface area (Å²) in [6.07, 6.45) is -3.52. The molecular formula is C21H24F3N7O. The lowest BCUT2D eigenvalue weighted by molar-refractivity contribution is -0.137. The molecule has 8 nitrogen and oxygen atoms in total. The summed E-state index contributed by atoms with van der Waals surface area (Å²) in [5.74, 6) is 1.13. The standard InChI is InChI=1S/C21H24F3N7O/c1-15-13-16(2)31(26-15)19-5-6-20(32)30(27-19)12-9-28-7-10-29(11-8-28)18-4-3-17(14-25-18)21(22,23)24/h3-6,13-14H,7-12H2,1-2H3. The van der Waals surface area contributed by atoms with Crippen molar-refractivity contribution in [2.24, 2.45) is 0 Å². The summed E-state index contributed by atoms with van der Waals surface area (Å²) in [5, 5.41) is 8.87. The van der Waals surface area contributed by atoms with E-state index in [4.69, 9.17) is 0 Å². The number of piperazine rings is 1. The maximum absolute atomic E-state index is 12.7. The molecule has 0 atom stereocenters. The molecule has 1 aliphatic heterocycles. The Morgan fingerprint density at radius 3 is 2.25 bits per heavy atom. The van der Waals surface area contributed by atoms with Crippen molar-refractivity contribution in [1.82, 2.24) is 29.4 Å². The van der Waals surface area contributed by atoms with Gasteiger partial charge in [0.25, 0.3) is 5.56 Å². The van der Waals surface area contributed by atoms with Crippen LogP contribution in [0.1, 0.15) is 17.0 Å². The van der Waals surface area contributed by atoms with Crippen molar-refractivity contribution in [3.05, 3.63) is 63.8 Å². The van der Waals surface area contributed by atoms with Gasteiger partial charge in [-0.2, -0.15) is 18.3 Å². The fourth-order valence-corrected chi connectivity index (χ4v) is 3.75. The van der Waals surface area contributed by atoms with E-state index in [0.29, 0.717) is 50.9 Å². The van der Waals surface area contributed by atoms with E-state index in [9.17, 15) is 18.0 Å². The maximum atomic E-state index is 12.7. The van der Waals surface area contributed by atoms with Gasteiger partial charge in [0.1, 0.15) is 5.82 Å². The monoisotopic (exact) mass is 447 g/mol. The van der Waals surface area contributed by atoms with E-state index in [1.807, 2.05) is 24.8 Å². The number of nitrogens with zero attached hydrogens (tertiary/aromatic N) is 7. The largest absolute Gasteiger partial charge is 0.417 e. The van der Waals surface area contributed by atoms with Crippen LogP contribution >= 0.6 is 0 Å². The summed E-state index contributed by atoms with van der Waals surface area (Å²) in [7, 11) is 0. The highest BCUT2D eigenvalue weighted by molar-refractivity contribution is 5.40. The Morgan fingerprint density at radius 1 is 0.938 bits per heavy atom. The van der Waals surface area contributed by atoms with Gasteiger partial charge in [0.05, 0.1) is 17.8 Å². The lowest BCUT2D eigenvalue weighted by Gasteiger charge is -2.35. The third-order valence-electron chi connectivity index (χ3n) is 5.48. The Bertz CT molecular complexity index is 1130. The normalized spacial score (nSPS) is 15.3. The van der Waals surface area contributed by atoms with Crippen LogP contribution in [0.5, 0.6) is 0 Å². The summed E-state index contributed by atoms with van der Waals surface area (Å²) in [6.45, 7) is 7.63. The van der Waals surface area contributed by atoms with Crippen LogP contribution in [0.2, 0.25) is 0 Å². The molecule has 4 heterocycles. The van der Waals surface area contributed by atoms with Crippen LogP contribution in [-0.2, 0) is 12.7 Å². The molecule has 0 N–H and O–H groups in total. The van der Waals surface area contributed by atoms with Gasteiger partial charge in [0.2, 0.25) is 0 Å². The summed E-state index contributed by atoms with van der Waals surface area (Å²) in [4.78, 5) is 20.4. The van der Waals surface area contributed by atoms with E-state index >= 15 is 0 Å². The predicted molar refractivity (Wildman–Crippen MR) is 113 cm³/mol. The summed E-state index contributed by atoms with van der Waals surface area (Å²) < 4.78 is 41.3. The molecule has 0 spiro atoms. The molecule has 0 aliphatic carbocycles. The minimum Gasteiger partial charge on any atom is -0.354 e. The van der Waals surface area contributed by atoms with Crippen LogP contribution in [0.3, 0.4) is 0 Å². The topological polar surface area (TPSA) is 72.1 Å². The highest BCUT2D eigenvalue weighted by Crippen LogP contribution is 2.29. The van der Waals surface area contributed by atoms with Gasteiger partial charge in [-0.25, -0.2) is 14.3 Å². The molecule has 0 radical (unpaired) electrons. The Hall–Kier alpha value is -3.21. The van der Waals surface area contributed by atoms with E-state index in [1.165, 1.54) is 16.8 Å². The highest BCUT2D eigenvalue weighted by Gasteiger charge is 2.31. The fourth-order valence-electron chi connectivity index (χ4n) is 3.75. The van der Waals surface area contributed by atoms with Gasteiger partial charge in [0, 0.05) is 50.7 Å². The number of halogens is 3. The average molecular weight is 447 g/mol. The van der Waals surface area contributed by atoms with Crippen molar-refractivity contribution in [1.29, 1.82) is 0 Å². The number of anilines is 1. The third-order valence-corrected chi connectivity index (χ3v) is 5.48. The maximum Gasteiger partial charge on any atom is 0.417 e. The molecule has 1 aliphatic rings. The Balaban J connectivity index is 1.35. The van der Waals surface area contributed by atoms with Gasteiger partial charge < -0.3 is 4.90 Å². The number of aryl methyl sites for hydroxylation is 2. The number of hydrogen-bond acceptors (Lipinski definition) is 6. The Labute approximate surface area is 182 Å². The first-order valence-electron chi connectivity index (χ1n) is 10.3. The molecule has 3 aromatic heterocycles. The zero-order chi connectivity index (χ0) is 22.9. The smallest absolute Gasteiger partial charge is 0.354 e. The number of aromatic nitrogens is 5. The Kier molecular flexibility index (Phi) is 6.00. The first-order chi connectivity index (χ1) is 15.2. The molecule has 1 saturated heterocycles. The molecule has 0 unspecified atom stereocenters. The summed E-state index contributed by atoms with van der Waals surface area (Å²) in [6, 6.07) is 7.57. The first kappa shape index (κ1) is 22.0. The van der Waals surface area contributed by atoms with Crippen molar-refractivity contribution in [3.63, 3.8) is 0 Å². The van der Waals surface area contributed by atoms with E-state index in [2.05, 4.69) is 20.1 Å².